The summed E-state index contributed by atoms with van der Waals surface area (Å²) in [6.07, 6.45) is 2.85. The van der Waals surface area contributed by atoms with Crippen LogP contribution in [0.1, 0.15) is 23.7 Å². The molecule has 6 heteroatoms. The smallest absolute Gasteiger partial charge is 0.337 e. The van der Waals surface area contributed by atoms with Crippen molar-refractivity contribution in [3.63, 3.8) is 0 Å². The van der Waals surface area contributed by atoms with Gasteiger partial charge in [0.05, 0.1) is 30.5 Å². The molecule has 1 amide bonds. The van der Waals surface area contributed by atoms with Gasteiger partial charge in [0, 0.05) is 12.8 Å². The lowest BCUT2D eigenvalue weighted by atomic mass is 10.2. The highest BCUT2D eigenvalue weighted by atomic mass is 16.5. The Morgan fingerprint density at radius 1 is 1.53 bits per heavy atom. The van der Waals surface area contributed by atoms with Crippen LogP contribution in [0.4, 0.5) is 5.69 Å². The molecule has 0 radical (unpaired) electrons. The predicted molar refractivity (Wildman–Crippen MR) is 60.9 cm³/mol. The summed E-state index contributed by atoms with van der Waals surface area (Å²) in [4.78, 5) is 26.1. The minimum absolute atomic E-state index is 0.0183. The van der Waals surface area contributed by atoms with Crippen LogP contribution in [0.15, 0.2) is 18.5 Å². The first-order valence-electron chi connectivity index (χ1n) is 5.20. The number of hydrogen-bond acceptors (Lipinski definition) is 4. The number of amides is 1. The zero-order chi connectivity index (χ0) is 12.7. The minimum atomic E-state index is -1.10. The second-order valence-corrected chi connectivity index (χ2v) is 3.22. The van der Waals surface area contributed by atoms with Crippen LogP contribution in [-0.4, -0.2) is 35.2 Å². The van der Waals surface area contributed by atoms with Crippen LogP contribution in [0.2, 0.25) is 0 Å². The summed E-state index contributed by atoms with van der Waals surface area (Å²) in [6.45, 7) is 2.69. The Labute approximate surface area is 98.6 Å². The maximum atomic E-state index is 11.5. The monoisotopic (exact) mass is 238 g/mol. The number of carbonyl (C=O) groups is 2. The van der Waals surface area contributed by atoms with Crippen LogP contribution >= 0.6 is 0 Å². The third-order valence-electron chi connectivity index (χ3n) is 2.00. The standard InChI is InChI=1S/C11H14N2O4/c1-2-17-6-4-10(14)13-9-7-12-5-3-8(9)11(15)16/h3,5,7H,2,4,6H2,1H3,(H,13,14)(H,15,16). The second kappa shape index (κ2) is 6.59. The van der Waals surface area contributed by atoms with E-state index in [1.807, 2.05) is 6.92 Å². The zero-order valence-electron chi connectivity index (χ0n) is 9.47. The van der Waals surface area contributed by atoms with Crippen LogP contribution in [0.5, 0.6) is 0 Å². The summed E-state index contributed by atoms with van der Waals surface area (Å²) in [6, 6.07) is 1.33. The molecule has 92 valence electrons. The van der Waals surface area contributed by atoms with E-state index in [4.69, 9.17) is 9.84 Å². The van der Waals surface area contributed by atoms with Gasteiger partial charge in [-0.05, 0) is 13.0 Å². The van der Waals surface area contributed by atoms with E-state index in [-0.39, 0.29) is 23.6 Å². The molecular weight excluding hydrogens is 224 g/mol. The molecule has 0 aromatic carbocycles. The minimum Gasteiger partial charge on any atom is -0.478 e. The van der Waals surface area contributed by atoms with Gasteiger partial charge in [0.1, 0.15) is 0 Å². The van der Waals surface area contributed by atoms with E-state index in [0.29, 0.717) is 13.2 Å². The number of nitrogens with zero attached hydrogens (tertiary/aromatic N) is 1. The van der Waals surface area contributed by atoms with E-state index in [1.54, 1.807) is 0 Å². The van der Waals surface area contributed by atoms with Crippen molar-refractivity contribution in [2.45, 2.75) is 13.3 Å². The fourth-order valence-electron chi connectivity index (χ4n) is 1.20. The molecule has 2 N–H and O–H groups in total. The van der Waals surface area contributed by atoms with Gasteiger partial charge < -0.3 is 15.2 Å². The lowest BCUT2D eigenvalue weighted by Gasteiger charge is -2.07. The molecule has 0 aliphatic heterocycles. The van der Waals surface area contributed by atoms with Crippen molar-refractivity contribution in [2.75, 3.05) is 18.5 Å². The summed E-state index contributed by atoms with van der Waals surface area (Å²) in [7, 11) is 0. The third-order valence-corrected chi connectivity index (χ3v) is 2.00. The first kappa shape index (κ1) is 13.1. The maximum absolute atomic E-state index is 11.5. The molecule has 0 spiro atoms. The number of aromatic carboxylic acids is 1. The SMILES string of the molecule is CCOCCC(=O)Nc1cnccc1C(=O)O. The van der Waals surface area contributed by atoms with Crippen LogP contribution in [0, 0.1) is 0 Å². The number of nitrogens with one attached hydrogen (secondary N) is 1. The number of ether oxygens (including phenoxy) is 1. The number of carbonyl (C=O) groups excluding carboxylic acids is 1. The van der Waals surface area contributed by atoms with Crippen molar-refractivity contribution < 1.29 is 19.4 Å². The van der Waals surface area contributed by atoms with E-state index < -0.39 is 5.97 Å². The second-order valence-electron chi connectivity index (χ2n) is 3.22. The average Bonchev–Trinajstić information content (AvgIpc) is 2.29. The van der Waals surface area contributed by atoms with Gasteiger partial charge in [-0.3, -0.25) is 9.78 Å². The fraction of sp³-hybridized carbons (Fsp3) is 0.364. The van der Waals surface area contributed by atoms with Gasteiger partial charge >= 0.3 is 5.97 Å². The Hall–Kier alpha value is -1.95. The molecule has 17 heavy (non-hydrogen) atoms. The normalized spacial score (nSPS) is 9.94. The topological polar surface area (TPSA) is 88.5 Å². The Morgan fingerprint density at radius 2 is 2.29 bits per heavy atom. The Kier molecular flexibility index (Phi) is 5.09. The van der Waals surface area contributed by atoms with E-state index >= 15 is 0 Å². The number of carboxylic acids is 1. The Morgan fingerprint density at radius 3 is 2.94 bits per heavy atom. The van der Waals surface area contributed by atoms with Crippen molar-refractivity contribution in [3.05, 3.63) is 24.0 Å². The molecule has 0 saturated heterocycles. The van der Waals surface area contributed by atoms with E-state index in [2.05, 4.69) is 10.3 Å². The predicted octanol–water partition coefficient (Wildman–Crippen LogP) is 1.14. The molecule has 0 fully saturated rings. The lowest BCUT2D eigenvalue weighted by molar-refractivity contribution is -0.117. The summed E-state index contributed by atoms with van der Waals surface area (Å²) in [5.74, 6) is -1.40. The van der Waals surface area contributed by atoms with Gasteiger partial charge in [-0.25, -0.2) is 4.79 Å². The van der Waals surface area contributed by atoms with Gasteiger partial charge in [-0.15, -0.1) is 0 Å². The highest BCUT2D eigenvalue weighted by molar-refractivity contribution is 6.00. The number of anilines is 1. The van der Waals surface area contributed by atoms with Crippen LogP contribution in [-0.2, 0) is 9.53 Å². The van der Waals surface area contributed by atoms with Gasteiger partial charge in [0.25, 0.3) is 0 Å². The molecule has 1 heterocycles. The molecule has 0 saturated carbocycles. The first-order chi connectivity index (χ1) is 8.15. The average molecular weight is 238 g/mol. The van der Waals surface area contributed by atoms with Crippen LogP contribution in [0.3, 0.4) is 0 Å². The fourth-order valence-corrected chi connectivity index (χ4v) is 1.20. The highest BCUT2D eigenvalue weighted by Crippen LogP contribution is 2.13. The van der Waals surface area contributed by atoms with Crippen LogP contribution in [0.25, 0.3) is 0 Å². The number of pyridine rings is 1. The summed E-state index contributed by atoms with van der Waals surface area (Å²) in [5.41, 5.74) is 0.214. The van der Waals surface area contributed by atoms with Gasteiger partial charge in [-0.2, -0.15) is 0 Å². The molecule has 0 bridgehead atoms. The van der Waals surface area contributed by atoms with Crippen molar-refractivity contribution in [1.82, 2.24) is 4.98 Å². The molecule has 0 aliphatic carbocycles. The quantitative estimate of drug-likeness (QED) is 0.725. The molecule has 1 aromatic heterocycles. The number of hydrogen-bond donors (Lipinski definition) is 2. The summed E-state index contributed by atoms with van der Waals surface area (Å²) in [5, 5.41) is 11.4. The van der Waals surface area contributed by atoms with E-state index in [9.17, 15) is 9.59 Å². The van der Waals surface area contributed by atoms with Gasteiger partial charge in [0.15, 0.2) is 0 Å². The Bertz CT molecular complexity index is 406. The van der Waals surface area contributed by atoms with E-state index in [1.165, 1.54) is 18.5 Å². The molecular formula is C11H14N2O4. The molecule has 1 aromatic rings. The van der Waals surface area contributed by atoms with E-state index in [0.717, 1.165) is 0 Å². The summed E-state index contributed by atoms with van der Waals surface area (Å²) < 4.78 is 5.03. The zero-order valence-corrected chi connectivity index (χ0v) is 9.47. The van der Waals surface area contributed by atoms with Gasteiger partial charge in [-0.1, -0.05) is 0 Å². The maximum Gasteiger partial charge on any atom is 0.337 e. The van der Waals surface area contributed by atoms with Crippen molar-refractivity contribution >= 4 is 17.6 Å². The molecule has 1 rings (SSSR count). The first-order valence-corrected chi connectivity index (χ1v) is 5.20. The lowest BCUT2D eigenvalue weighted by Crippen LogP contribution is -2.16. The van der Waals surface area contributed by atoms with Gasteiger partial charge in [0.2, 0.25) is 5.91 Å². The Balaban J connectivity index is 2.61. The number of rotatable bonds is 6. The molecule has 0 unspecified atom stereocenters. The van der Waals surface area contributed by atoms with Crippen molar-refractivity contribution in [3.8, 4) is 0 Å². The highest BCUT2D eigenvalue weighted by Gasteiger charge is 2.11. The largest absolute Gasteiger partial charge is 0.478 e. The number of aromatic nitrogens is 1. The summed E-state index contributed by atoms with van der Waals surface area (Å²) >= 11 is 0. The molecule has 6 nitrogen and oxygen atoms in total. The third kappa shape index (κ3) is 4.20. The number of carboxylic acid groups (broad SMARTS) is 1. The molecule has 0 atom stereocenters. The van der Waals surface area contributed by atoms with Crippen molar-refractivity contribution in [2.24, 2.45) is 0 Å². The van der Waals surface area contributed by atoms with Crippen LogP contribution < -0.4 is 5.32 Å². The van der Waals surface area contributed by atoms with Crippen molar-refractivity contribution in [1.29, 1.82) is 0 Å². The molecule has 0 aliphatic rings.